The van der Waals surface area contributed by atoms with E-state index in [1.165, 1.54) is 31.4 Å². The summed E-state index contributed by atoms with van der Waals surface area (Å²) in [5.41, 5.74) is 2.07. The van der Waals surface area contributed by atoms with Crippen molar-refractivity contribution < 1.29 is 4.79 Å². The molecule has 2 atom stereocenters. The topological polar surface area (TPSA) is 20.3 Å². The summed E-state index contributed by atoms with van der Waals surface area (Å²) < 4.78 is 0. The van der Waals surface area contributed by atoms with Crippen molar-refractivity contribution in [1.82, 2.24) is 4.90 Å². The highest BCUT2D eigenvalue weighted by Gasteiger charge is 2.37. The number of piperidine rings is 1. The molecule has 1 aromatic carbocycles. The molecule has 2 aliphatic rings. The maximum absolute atomic E-state index is 10.7. The summed E-state index contributed by atoms with van der Waals surface area (Å²) in [4.78, 5) is 13.3. The van der Waals surface area contributed by atoms with Crippen LogP contribution in [0.15, 0.2) is 24.3 Å². The molecule has 0 aromatic heterocycles. The van der Waals surface area contributed by atoms with E-state index in [2.05, 4.69) is 11.0 Å². The molecule has 0 radical (unpaired) electrons. The molecule has 1 saturated heterocycles. The Morgan fingerprint density at radius 3 is 3.00 bits per heavy atom. The molecular weight excluding hydrogens is 198 g/mol. The summed E-state index contributed by atoms with van der Waals surface area (Å²) in [6, 6.07) is 8.79. The molecule has 0 N–H and O–H groups in total. The van der Waals surface area contributed by atoms with Crippen LogP contribution in [0.1, 0.15) is 35.2 Å². The molecule has 1 aliphatic carbocycles. The van der Waals surface area contributed by atoms with Crippen LogP contribution in [-0.2, 0) is 6.54 Å². The molecule has 2 unspecified atom stereocenters. The van der Waals surface area contributed by atoms with Crippen molar-refractivity contribution in [3.05, 3.63) is 35.4 Å². The smallest absolute Gasteiger partial charge is 0.150 e. The quantitative estimate of drug-likeness (QED) is 0.722. The SMILES string of the molecule is O=Cc1cccc(CN2CC3CCC2C3)c1. The monoisotopic (exact) mass is 215 g/mol. The van der Waals surface area contributed by atoms with Gasteiger partial charge in [0, 0.05) is 24.7 Å². The summed E-state index contributed by atoms with van der Waals surface area (Å²) in [6.45, 7) is 2.28. The number of aldehydes is 1. The predicted octanol–water partition coefficient (Wildman–Crippen LogP) is 2.48. The van der Waals surface area contributed by atoms with Gasteiger partial charge < -0.3 is 0 Å². The van der Waals surface area contributed by atoms with E-state index in [9.17, 15) is 4.79 Å². The van der Waals surface area contributed by atoms with Crippen molar-refractivity contribution in [1.29, 1.82) is 0 Å². The summed E-state index contributed by atoms with van der Waals surface area (Å²) >= 11 is 0. The van der Waals surface area contributed by atoms with Gasteiger partial charge in [0.25, 0.3) is 0 Å². The second kappa shape index (κ2) is 4.02. The van der Waals surface area contributed by atoms with E-state index < -0.39 is 0 Å². The van der Waals surface area contributed by atoms with Crippen molar-refractivity contribution >= 4 is 6.29 Å². The largest absolute Gasteiger partial charge is 0.298 e. The molecule has 16 heavy (non-hydrogen) atoms. The van der Waals surface area contributed by atoms with Crippen LogP contribution in [0.3, 0.4) is 0 Å². The van der Waals surface area contributed by atoms with E-state index in [1.54, 1.807) is 0 Å². The molecule has 1 aromatic rings. The molecule has 2 bridgehead atoms. The van der Waals surface area contributed by atoms with E-state index in [-0.39, 0.29) is 0 Å². The third-order valence-corrected chi connectivity index (χ3v) is 4.00. The molecule has 1 aliphatic heterocycles. The summed E-state index contributed by atoms with van der Waals surface area (Å²) in [7, 11) is 0. The molecule has 0 amide bonds. The van der Waals surface area contributed by atoms with E-state index in [4.69, 9.17) is 0 Å². The second-order valence-electron chi connectivity index (χ2n) is 5.13. The minimum atomic E-state index is 0.793. The van der Waals surface area contributed by atoms with E-state index in [0.717, 1.165) is 30.4 Å². The van der Waals surface area contributed by atoms with Gasteiger partial charge >= 0.3 is 0 Å². The highest BCUT2D eigenvalue weighted by molar-refractivity contribution is 5.74. The number of hydrogen-bond donors (Lipinski definition) is 0. The molecule has 84 valence electrons. The van der Waals surface area contributed by atoms with Crippen molar-refractivity contribution in [3.8, 4) is 0 Å². The van der Waals surface area contributed by atoms with Gasteiger partial charge in [-0.25, -0.2) is 0 Å². The van der Waals surface area contributed by atoms with Gasteiger partial charge in [-0.15, -0.1) is 0 Å². The van der Waals surface area contributed by atoms with Crippen LogP contribution < -0.4 is 0 Å². The van der Waals surface area contributed by atoms with Gasteiger partial charge in [-0.05, 0) is 36.8 Å². The zero-order chi connectivity index (χ0) is 11.0. The highest BCUT2D eigenvalue weighted by atomic mass is 16.1. The standard InChI is InChI=1S/C14H17NO/c16-10-13-3-1-2-11(6-13)8-15-9-12-4-5-14(15)7-12/h1-3,6,10,12,14H,4-5,7-9H2. The number of nitrogens with zero attached hydrogens (tertiary/aromatic N) is 1. The Morgan fingerprint density at radius 1 is 1.38 bits per heavy atom. The maximum atomic E-state index is 10.7. The van der Waals surface area contributed by atoms with Gasteiger partial charge in [0.15, 0.2) is 0 Å². The number of fused-ring (bicyclic) bond motifs is 2. The van der Waals surface area contributed by atoms with Crippen LogP contribution in [0.2, 0.25) is 0 Å². The second-order valence-corrected chi connectivity index (χ2v) is 5.13. The zero-order valence-electron chi connectivity index (χ0n) is 9.43. The lowest BCUT2D eigenvalue weighted by molar-refractivity contribution is 0.112. The number of carbonyl (C=O) groups is 1. The van der Waals surface area contributed by atoms with E-state index in [0.29, 0.717) is 0 Å². The predicted molar refractivity (Wildman–Crippen MR) is 63.4 cm³/mol. The Kier molecular flexibility index (Phi) is 2.52. The van der Waals surface area contributed by atoms with E-state index in [1.807, 2.05) is 18.2 Å². The van der Waals surface area contributed by atoms with Gasteiger partial charge in [0.2, 0.25) is 0 Å². The average molecular weight is 215 g/mol. The molecule has 0 spiro atoms. The molecule has 2 fully saturated rings. The average Bonchev–Trinajstić information content (AvgIpc) is 2.91. The van der Waals surface area contributed by atoms with Gasteiger partial charge in [-0.1, -0.05) is 18.2 Å². The normalized spacial score (nSPS) is 28.5. The van der Waals surface area contributed by atoms with Crippen LogP contribution in [-0.4, -0.2) is 23.8 Å². The van der Waals surface area contributed by atoms with Crippen molar-refractivity contribution in [2.24, 2.45) is 5.92 Å². The van der Waals surface area contributed by atoms with Crippen LogP contribution >= 0.6 is 0 Å². The number of benzene rings is 1. The Bertz CT molecular complexity index is 401. The lowest BCUT2D eigenvalue weighted by atomic mass is 10.1. The highest BCUT2D eigenvalue weighted by Crippen LogP contribution is 2.38. The lowest BCUT2D eigenvalue weighted by Crippen LogP contribution is -2.31. The van der Waals surface area contributed by atoms with Crippen LogP contribution in [0, 0.1) is 5.92 Å². The number of likely N-dealkylation sites (tertiary alicyclic amines) is 1. The molecule has 3 rings (SSSR count). The van der Waals surface area contributed by atoms with Crippen LogP contribution in [0.5, 0.6) is 0 Å². The minimum Gasteiger partial charge on any atom is -0.298 e. The van der Waals surface area contributed by atoms with Crippen LogP contribution in [0.25, 0.3) is 0 Å². The van der Waals surface area contributed by atoms with Crippen molar-refractivity contribution in [2.45, 2.75) is 31.8 Å². The summed E-state index contributed by atoms with van der Waals surface area (Å²) in [5, 5.41) is 0. The zero-order valence-corrected chi connectivity index (χ0v) is 9.43. The van der Waals surface area contributed by atoms with Gasteiger partial charge in [-0.2, -0.15) is 0 Å². The minimum absolute atomic E-state index is 0.793. The molecule has 1 saturated carbocycles. The third-order valence-electron chi connectivity index (χ3n) is 4.00. The van der Waals surface area contributed by atoms with Gasteiger partial charge in [0.1, 0.15) is 6.29 Å². The summed E-state index contributed by atoms with van der Waals surface area (Å²) in [6.07, 6.45) is 5.13. The molecule has 1 heterocycles. The molecular formula is C14H17NO. The molecule has 2 heteroatoms. The number of carbonyl (C=O) groups excluding carboxylic acids is 1. The van der Waals surface area contributed by atoms with Crippen LogP contribution in [0.4, 0.5) is 0 Å². The first-order valence-electron chi connectivity index (χ1n) is 6.13. The van der Waals surface area contributed by atoms with E-state index >= 15 is 0 Å². The maximum Gasteiger partial charge on any atom is 0.150 e. The number of rotatable bonds is 3. The molecule has 2 nitrogen and oxygen atoms in total. The van der Waals surface area contributed by atoms with Crippen molar-refractivity contribution in [2.75, 3.05) is 6.54 Å². The Labute approximate surface area is 96.3 Å². The lowest BCUT2D eigenvalue weighted by Gasteiger charge is -2.26. The fourth-order valence-corrected chi connectivity index (χ4v) is 3.22. The van der Waals surface area contributed by atoms with Gasteiger partial charge in [-0.3, -0.25) is 9.69 Å². The number of hydrogen-bond acceptors (Lipinski definition) is 2. The first-order chi connectivity index (χ1) is 7.85. The summed E-state index contributed by atoms with van der Waals surface area (Å²) in [5.74, 6) is 0.944. The Hall–Kier alpha value is -1.15. The fourth-order valence-electron chi connectivity index (χ4n) is 3.22. The van der Waals surface area contributed by atoms with Crippen molar-refractivity contribution in [3.63, 3.8) is 0 Å². The Balaban J connectivity index is 1.72. The third kappa shape index (κ3) is 1.78. The fraction of sp³-hybridized carbons (Fsp3) is 0.500. The first-order valence-corrected chi connectivity index (χ1v) is 6.13. The van der Waals surface area contributed by atoms with Gasteiger partial charge in [0.05, 0.1) is 0 Å². The Morgan fingerprint density at radius 2 is 2.31 bits per heavy atom. The first kappa shape index (κ1) is 10.0.